The fraction of sp³-hybridized carbons (Fsp3) is 0.607. The highest BCUT2D eigenvalue weighted by Crippen LogP contribution is 2.07. The van der Waals surface area contributed by atoms with Crippen LogP contribution in [0.25, 0.3) is 0 Å². The van der Waals surface area contributed by atoms with E-state index in [-0.39, 0.29) is 43.7 Å². The predicted molar refractivity (Wildman–Crippen MR) is 152 cm³/mol. The third-order valence-electron chi connectivity index (χ3n) is 6.59. The number of benzene rings is 1. The van der Waals surface area contributed by atoms with Crippen LogP contribution in [0.15, 0.2) is 24.3 Å². The minimum Gasteiger partial charge on any atom is -0.480 e. The van der Waals surface area contributed by atoms with Crippen LogP contribution in [0.3, 0.4) is 0 Å². The summed E-state index contributed by atoms with van der Waals surface area (Å²) >= 11 is 0. The molecule has 1 atom stereocenters. The van der Waals surface area contributed by atoms with Crippen LogP contribution < -0.4 is 11.1 Å². The van der Waals surface area contributed by atoms with Crippen LogP contribution in [-0.2, 0) is 51.3 Å². The fourth-order valence-corrected chi connectivity index (χ4v) is 4.07. The number of methoxy groups -OCH3 is 1. The van der Waals surface area contributed by atoms with Crippen molar-refractivity contribution in [2.24, 2.45) is 5.73 Å². The van der Waals surface area contributed by atoms with Gasteiger partial charge in [-0.15, -0.1) is 0 Å². The second-order valence-corrected chi connectivity index (χ2v) is 10.0. The van der Waals surface area contributed by atoms with Gasteiger partial charge in [-0.3, -0.25) is 24.2 Å². The van der Waals surface area contributed by atoms with Gasteiger partial charge in [0, 0.05) is 66.0 Å². The van der Waals surface area contributed by atoms with Crippen LogP contribution >= 0.6 is 0 Å². The van der Waals surface area contributed by atoms with E-state index in [0.717, 1.165) is 43.9 Å². The standard InChI is InChI=1S/C26H44N6O5.2CO2/c1-29-8-9-30(2)11-13-32(19-26(35)36)15-14-31(12-10-29)18-25(34)28-17-22-6-4-21(5-7-22)16-23(27)24(33)20-37-3;2*2-1-3/h4-7,23H,8-20,27H2,1-3H3,(H,28,34)(H,35,36);;/t23-;;/m1../s1. The molecule has 1 heterocycles. The number of nitrogens with two attached hydrogens (primary N) is 1. The van der Waals surface area contributed by atoms with E-state index in [1.165, 1.54) is 7.11 Å². The van der Waals surface area contributed by atoms with Gasteiger partial charge in [0.05, 0.1) is 19.1 Å². The van der Waals surface area contributed by atoms with Gasteiger partial charge in [-0.1, -0.05) is 24.3 Å². The van der Waals surface area contributed by atoms with Gasteiger partial charge in [0.25, 0.3) is 0 Å². The molecule has 0 aliphatic carbocycles. The lowest BCUT2D eigenvalue weighted by Crippen LogP contribution is -2.47. The number of rotatable bonds is 11. The van der Waals surface area contributed by atoms with E-state index in [1.54, 1.807) is 0 Å². The highest BCUT2D eigenvalue weighted by molar-refractivity contribution is 5.85. The Morgan fingerprint density at radius 2 is 1.26 bits per heavy atom. The number of Topliss-reactive ketones (excluding diaryl/α,β-unsaturated/α-hetero) is 1. The Kier molecular flexibility index (Phi) is 21.8. The summed E-state index contributed by atoms with van der Waals surface area (Å²) in [6.07, 6.45) is 0.938. The van der Waals surface area contributed by atoms with E-state index < -0.39 is 12.0 Å². The zero-order valence-corrected chi connectivity index (χ0v) is 25.2. The summed E-state index contributed by atoms with van der Waals surface area (Å²) in [4.78, 5) is 76.9. The van der Waals surface area contributed by atoms with Crippen LogP contribution in [-0.4, -0.2) is 154 Å². The van der Waals surface area contributed by atoms with Crippen LogP contribution in [0.5, 0.6) is 0 Å². The first-order valence-electron chi connectivity index (χ1n) is 13.6. The van der Waals surface area contributed by atoms with Gasteiger partial charge in [-0.25, -0.2) is 0 Å². The zero-order chi connectivity index (χ0) is 32.6. The van der Waals surface area contributed by atoms with E-state index in [1.807, 2.05) is 29.2 Å². The van der Waals surface area contributed by atoms with Crippen LogP contribution in [0.1, 0.15) is 11.1 Å². The second-order valence-electron chi connectivity index (χ2n) is 10.0. The molecule has 0 spiro atoms. The van der Waals surface area contributed by atoms with Crippen molar-refractivity contribution in [3.63, 3.8) is 0 Å². The van der Waals surface area contributed by atoms with Gasteiger partial charge < -0.3 is 30.7 Å². The van der Waals surface area contributed by atoms with Crippen molar-refractivity contribution in [2.45, 2.75) is 19.0 Å². The Bertz CT molecular complexity index is 1020. The number of hydrogen-bond donors (Lipinski definition) is 3. The topological polar surface area (TPSA) is 200 Å². The molecule has 2 rings (SSSR count). The molecule has 1 amide bonds. The number of carbonyl (C=O) groups excluding carboxylic acids is 6. The number of carboxylic acids is 1. The molecule has 240 valence electrons. The average Bonchev–Trinajstić information content (AvgIpc) is 2.95. The molecular weight excluding hydrogens is 564 g/mol. The molecule has 43 heavy (non-hydrogen) atoms. The molecule has 1 aromatic rings. The van der Waals surface area contributed by atoms with E-state index in [4.69, 9.17) is 29.6 Å². The number of nitrogens with zero attached hydrogens (tertiary/aromatic N) is 4. The highest BCUT2D eigenvalue weighted by atomic mass is 16.5. The number of amides is 1. The molecule has 1 aliphatic rings. The average molecular weight is 609 g/mol. The van der Waals surface area contributed by atoms with E-state index >= 15 is 0 Å². The number of carbonyl (C=O) groups is 3. The monoisotopic (exact) mass is 608 g/mol. The van der Waals surface area contributed by atoms with Crippen molar-refractivity contribution >= 4 is 30.0 Å². The summed E-state index contributed by atoms with van der Waals surface area (Å²) in [6, 6.07) is 7.09. The van der Waals surface area contributed by atoms with E-state index in [2.05, 4.69) is 34.1 Å². The molecule has 1 aliphatic heterocycles. The lowest BCUT2D eigenvalue weighted by molar-refractivity contribution is -0.193. The minimum atomic E-state index is -0.839. The van der Waals surface area contributed by atoms with Crippen molar-refractivity contribution in [2.75, 3.05) is 93.3 Å². The molecule has 0 saturated carbocycles. The molecule has 15 heteroatoms. The number of likely N-dealkylation sites (N-methyl/N-ethyl adjacent to an activating group) is 2. The second kappa shape index (κ2) is 23.9. The maximum Gasteiger partial charge on any atom is 0.373 e. The van der Waals surface area contributed by atoms with Gasteiger partial charge in [0.15, 0.2) is 5.78 Å². The van der Waals surface area contributed by atoms with Gasteiger partial charge in [0.1, 0.15) is 6.61 Å². The Morgan fingerprint density at radius 3 is 1.72 bits per heavy atom. The molecule has 15 nitrogen and oxygen atoms in total. The van der Waals surface area contributed by atoms with Crippen molar-refractivity contribution in [1.82, 2.24) is 24.9 Å². The van der Waals surface area contributed by atoms with Crippen molar-refractivity contribution in [3.05, 3.63) is 35.4 Å². The summed E-state index contributed by atoms with van der Waals surface area (Å²) in [7, 11) is 5.61. The third-order valence-corrected chi connectivity index (χ3v) is 6.59. The molecule has 0 bridgehead atoms. The molecule has 0 aromatic heterocycles. The number of nitrogens with one attached hydrogen (secondary N) is 1. The number of hydrogen-bond acceptors (Lipinski definition) is 13. The Labute approximate surface area is 251 Å². The van der Waals surface area contributed by atoms with Crippen molar-refractivity contribution in [3.8, 4) is 0 Å². The Balaban J connectivity index is 0.00000270. The highest BCUT2D eigenvalue weighted by Gasteiger charge is 2.18. The summed E-state index contributed by atoms with van der Waals surface area (Å²) in [5, 5.41) is 12.3. The normalized spacial score (nSPS) is 16.3. The number of aliphatic carboxylic acids is 1. The van der Waals surface area contributed by atoms with Crippen LogP contribution in [0.4, 0.5) is 0 Å². The van der Waals surface area contributed by atoms with Gasteiger partial charge in [-0.2, -0.15) is 19.2 Å². The SMILES string of the molecule is COCC(=O)[C@H](N)Cc1ccc(CNC(=O)CN2CCN(C)CCN(C)CCN(CC(=O)O)CC2)cc1.O=C=O.O=C=O. The molecule has 1 saturated heterocycles. The lowest BCUT2D eigenvalue weighted by Gasteiger charge is -2.31. The van der Waals surface area contributed by atoms with E-state index in [0.29, 0.717) is 32.6 Å². The largest absolute Gasteiger partial charge is 0.480 e. The first-order chi connectivity index (χ1) is 20.5. The Morgan fingerprint density at radius 1 is 0.837 bits per heavy atom. The summed E-state index contributed by atoms with van der Waals surface area (Å²) < 4.78 is 4.85. The fourth-order valence-electron chi connectivity index (χ4n) is 4.07. The minimum absolute atomic E-state index is 0.00474. The molecule has 4 N–H and O–H groups in total. The predicted octanol–water partition coefficient (Wildman–Crippen LogP) is -2.21. The van der Waals surface area contributed by atoms with Crippen molar-refractivity contribution in [1.29, 1.82) is 0 Å². The summed E-state index contributed by atoms with van der Waals surface area (Å²) in [6.45, 7) is 6.72. The zero-order valence-electron chi connectivity index (χ0n) is 25.2. The lowest BCUT2D eigenvalue weighted by atomic mass is 10.0. The number of carboxylic acid groups (broad SMARTS) is 1. The maximum atomic E-state index is 12.7. The quantitative estimate of drug-likeness (QED) is 0.244. The number of ether oxygens (including phenoxy) is 1. The maximum absolute atomic E-state index is 12.7. The first kappa shape index (κ1) is 39.4. The third kappa shape index (κ3) is 20.0. The van der Waals surface area contributed by atoms with Crippen LogP contribution in [0.2, 0.25) is 0 Å². The molecule has 1 fully saturated rings. The molecule has 0 unspecified atom stereocenters. The van der Waals surface area contributed by atoms with Gasteiger partial charge in [0.2, 0.25) is 5.91 Å². The van der Waals surface area contributed by atoms with Gasteiger partial charge >= 0.3 is 18.3 Å². The smallest absolute Gasteiger partial charge is 0.373 e. The van der Waals surface area contributed by atoms with Crippen LogP contribution in [0, 0.1) is 0 Å². The first-order valence-corrected chi connectivity index (χ1v) is 13.6. The molecule has 0 radical (unpaired) electrons. The number of ketones is 1. The van der Waals surface area contributed by atoms with E-state index in [9.17, 15) is 19.5 Å². The Hall–Kier alpha value is -3.65. The summed E-state index contributed by atoms with van der Waals surface area (Å²) in [5.74, 6) is -1.05. The summed E-state index contributed by atoms with van der Waals surface area (Å²) in [5.41, 5.74) is 7.84. The molecule has 1 aromatic carbocycles. The van der Waals surface area contributed by atoms with Gasteiger partial charge in [-0.05, 0) is 31.6 Å². The van der Waals surface area contributed by atoms with Crippen molar-refractivity contribution < 1.29 is 43.4 Å². The molecular formula is C28H44N6O9.